The van der Waals surface area contributed by atoms with E-state index in [4.69, 9.17) is 4.74 Å². The summed E-state index contributed by atoms with van der Waals surface area (Å²) in [6, 6.07) is 10.6. The van der Waals surface area contributed by atoms with Crippen molar-refractivity contribution in [1.29, 1.82) is 0 Å². The van der Waals surface area contributed by atoms with E-state index in [9.17, 15) is 0 Å². The molecule has 0 amide bonds. The van der Waals surface area contributed by atoms with Crippen molar-refractivity contribution in [1.82, 2.24) is 4.90 Å². The Morgan fingerprint density at radius 3 is 2.53 bits per heavy atom. The van der Waals surface area contributed by atoms with Crippen molar-refractivity contribution in [2.24, 2.45) is 0 Å². The van der Waals surface area contributed by atoms with E-state index in [1.807, 2.05) is 0 Å². The zero-order valence-electron chi connectivity index (χ0n) is 10.8. The summed E-state index contributed by atoms with van der Waals surface area (Å²) >= 11 is 0. The lowest BCUT2D eigenvalue weighted by Gasteiger charge is -2.30. The number of ether oxygens (including phenoxy) is 1. The topological polar surface area (TPSA) is 12.5 Å². The van der Waals surface area contributed by atoms with Crippen LogP contribution >= 0.6 is 0 Å². The Morgan fingerprint density at radius 2 is 1.88 bits per heavy atom. The lowest BCUT2D eigenvalue weighted by molar-refractivity contribution is 0.0461. The minimum absolute atomic E-state index is 0.724. The lowest BCUT2D eigenvalue weighted by atomic mass is 10.1. The molecule has 0 saturated carbocycles. The molecule has 17 heavy (non-hydrogen) atoms. The summed E-state index contributed by atoms with van der Waals surface area (Å²) in [4.78, 5) is 2.35. The van der Waals surface area contributed by atoms with Crippen LogP contribution in [0.2, 0.25) is 0 Å². The maximum atomic E-state index is 5.82. The Morgan fingerprint density at radius 1 is 1.12 bits per heavy atom. The first-order valence-electron chi connectivity index (χ1n) is 6.43. The van der Waals surface area contributed by atoms with Crippen LogP contribution in [0.4, 0.5) is 0 Å². The molecule has 1 aromatic rings. The highest BCUT2D eigenvalue weighted by Gasteiger charge is 2.17. The molecule has 1 aromatic carbocycles. The minimum Gasteiger partial charge on any atom is -0.482 e. The minimum atomic E-state index is 0.724. The molecule has 2 rings (SSSR count). The Bertz CT molecular complexity index is 383. The summed E-state index contributed by atoms with van der Waals surface area (Å²) in [6.07, 6.45) is 2.11. The quantitative estimate of drug-likeness (QED) is 0.785. The highest BCUT2D eigenvalue weighted by molar-refractivity contribution is 5.16. The summed E-state index contributed by atoms with van der Waals surface area (Å²) in [7, 11) is 0. The van der Waals surface area contributed by atoms with Gasteiger partial charge in [-0.1, -0.05) is 44.2 Å². The SMILES string of the molecule is CCC1=C(CC)OCN(Cc2ccccc2)C1. The van der Waals surface area contributed by atoms with E-state index in [0.717, 1.165) is 32.7 Å². The number of benzene rings is 1. The predicted molar refractivity (Wildman–Crippen MR) is 70.4 cm³/mol. The van der Waals surface area contributed by atoms with Gasteiger partial charge in [0.25, 0.3) is 0 Å². The number of rotatable bonds is 4. The maximum absolute atomic E-state index is 5.82. The monoisotopic (exact) mass is 231 g/mol. The molecule has 0 atom stereocenters. The molecule has 0 spiro atoms. The van der Waals surface area contributed by atoms with Crippen molar-refractivity contribution < 1.29 is 4.74 Å². The van der Waals surface area contributed by atoms with Gasteiger partial charge in [0.15, 0.2) is 0 Å². The van der Waals surface area contributed by atoms with Crippen LogP contribution in [0.1, 0.15) is 32.3 Å². The van der Waals surface area contributed by atoms with Crippen molar-refractivity contribution >= 4 is 0 Å². The maximum Gasteiger partial charge on any atom is 0.142 e. The van der Waals surface area contributed by atoms with Gasteiger partial charge in [-0.2, -0.15) is 0 Å². The first-order valence-corrected chi connectivity index (χ1v) is 6.43. The zero-order chi connectivity index (χ0) is 12.1. The smallest absolute Gasteiger partial charge is 0.142 e. The van der Waals surface area contributed by atoms with E-state index in [2.05, 4.69) is 49.1 Å². The summed E-state index contributed by atoms with van der Waals surface area (Å²) in [6.45, 7) is 7.12. The summed E-state index contributed by atoms with van der Waals surface area (Å²) in [5.41, 5.74) is 2.81. The summed E-state index contributed by atoms with van der Waals surface area (Å²) < 4.78 is 5.82. The van der Waals surface area contributed by atoms with Gasteiger partial charge in [0.05, 0.1) is 5.76 Å². The third-order valence-electron chi connectivity index (χ3n) is 3.23. The van der Waals surface area contributed by atoms with Gasteiger partial charge in [-0.3, -0.25) is 4.90 Å². The van der Waals surface area contributed by atoms with Gasteiger partial charge < -0.3 is 4.74 Å². The second-order valence-electron chi connectivity index (χ2n) is 4.48. The van der Waals surface area contributed by atoms with Crippen LogP contribution in [0, 0.1) is 0 Å². The molecule has 1 aliphatic heterocycles. The molecule has 92 valence electrons. The highest BCUT2D eigenvalue weighted by atomic mass is 16.5. The lowest BCUT2D eigenvalue weighted by Crippen LogP contribution is -2.32. The van der Waals surface area contributed by atoms with Crippen LogP contribution in [0.3, 0.4) is 0 Å². The third kappa shape index (κ3) is 3.10. The highest BCUT2D eigenvalue weighted by Crippen LogP contribution is 2.21. The predicted octanol–water partition coefficient (Wildman–Crippen LogP) is 3.55. The summed E-state index contributed by atoms with van der Waals surface area (Å²) in [5, 5.41) is 0. The third-order valence-corrected chi connectivity index (χ3v) is 3.23. The van der Waals surface area contributed by atoms with Crippen molar-refractivity contribution in [3.8, 4) is 0 Å². The standard InChI is InChI=1S/C15H21NO/c1-3-14-11-16(12-17-15(14)4-2)10-13-8-6-5-7-9-13/h5-9H,3-4,10-12H2,1-2H3. The van der Waals surface area contributed by atoms with Crippen LogP contribution in [-0.4, -0.2) is 18.2 Å². The van der Waals surface area contributed by atoms with Gasteiger partial charge in [0.1, 0.15) is 6.73 Å². The van der Waals surface area contributed by atoms with Gasteiger partial charge in [-0.15, -0.1) is 0 Å². The molecule has 0 fully saturated rings. The molecule has 0 aliphatic carbocycles. The molecular weight excluding hydrogens is 210 g/mol. The molecule has 0 saturated heterocycles. The molecule has 0 radical (unpaired) electrons. The van der Waals surface area contributed by atoms with Gasteiger partial charge >= 0.3 is 0 Å². The van der Waals surface area contributed by atoms with Crippen LogP contribution in [-0.2, 0) is 11.3 Å². The van der Waals surface area contributed by atoms with E-state index in [0.29, 0.717) is 0 Å². The van der Waals surface area contributed by atoms with Crippen LogP contribution < -0.4 is 0 Å². The van der Waals surface area contributed by atoms with Crippen molar-refractivity contribution in [2.45, 2.75) is 33.2 Å². The Kier molecular flexibility index (Phi) is 4.21. The normalized spacial score (nSPS) is 17.1. The molecule has 0 bridgehead atoms. The van der Waals surface area contributed by atoms with Gasteiger partial charge in [-0.25, -0.2) is 0 Å². The number of allylic oxidation sites excluding steroid dienone is 1. The average Bonchev–Trinajstić information content (AvgIpc) is 2.40. The molecule has 2 heteroatoms. The molecule has 0 unspecified atom stereocenters. The molecule has 1 heterocycles. The second kappa shape index (κ2) is 5.87. The number of hydrogen-bond acceptors (Lipinski definition) is 2. The molecule has 0 N–H and O–H groups in total. The molecule has 2 nitrogen and oxygen atoms in total. The summed E-state index contributed by atoms with van der Waals surface area (Å²) in [5.74, 6) is 1.21. The van der Waals surface area contributed by atoms with Crippen LogP contribution in [0.5, 0.6) is 0 Å². The van der Waals surface area contributed by atoms with Gasteiger partial charge in [0.2, 0.25) is 0 Å². The van der Waals surface area contributed by atoms with E-state index in [1.165, 1.54) is 16.9 Å². The van der Waals surface area contributed by atoms with E-state index in [1.54, 1.807) is 0 Å². The first-order chi connectivity index (χ1) is 8.33. The van der Waals surface area contributed by atoms with Crippen LogP contribution in [0.15, 0.2) is 41.7 Å². The van der Waals surface area contributed by atoms with E-state index >= 15 is 0 Å². The second-order valence-corrected chi connectivity index (χ2v) is 4.48. The molecule has 0 aromatic heterocycles. The Labute approximate surface area is 104 Å². The molecular formula is C15H21NO. The number of hydrogen-bond donors (Lipinski definition) is 0. The van der Waals surface area contributed by atoms with Gasteiger partial charge in [0, 0.05) is 19.5 Å². The van der Waals surface area contributed by atoms with Crippen LogP contribution in [0.25, 0.3) is 0 Å². The van der Waals surface area contributed by atoms with Crippen molar-refractivity contribution in [3.63, 3.8) is 0 Å². The Hall–Kier alpha value is -1.28. The number of nitrogens with zero attached hydrogens (tertiary/aromatic N) is 1. The first kappa shape index (κ1) is 12.2. The van der Waals surface area contributed by atoms with Crippen molar-refractivity contribution in [3.05, 3.63) is 47.2 Å². The fourth-order valence-corrected chi connectivity index (χ4v) is 2.28. The fourth-order valence-electron chi connectivity index (χ4n) is 2.28. The Balaban J connectivity index is 2.00. The van der Waals surface area contributed by atoms with Gasteiger partial charge in [-0.05, 0) is 17.6 Å². The van der Waals surface area contributed by atoms with Crippen molar-refractivity contribution in [2.75, 3.05) is 13.3 Å². The molecule has 1 aliphatic rings. The fraction of sp³-hybridized carbons (Fsp3) is 0.467. The van der Waals surface area contributed by atoms with E-state index < -0.39 is 0 Å². The zero-order valence-corrected chi connectivity index (χ0v) is 10.8. The van der Waals surface area contributed by atoms with E-state index in [-0.39, 0.29) is 0 Å². The largest absolute Gasteiger partial charge is 0.482 e. The average molecular weight is 231 g/mol.